The molecule has 1 N–H and O–H groups in total. The molecule has 0 spiro atoms. The number of hydrogen-bond donors (Lipinski definition) is 1. The van der Waals surface area contributed by atoms with Gasteiger partial charge in [0.2, 0.25) is 0 Å². The van der Waals surface area contributed by atoms with Gasteiger partial charge in [0, 0.05) is 13.0 Å². The Morgan fingerprint density at radius 2 is 2.07 bits per heavy atom. The van der Waals surface area contributed by atoms with Crippen molar-refractivity contribution in [3.05, 3.63) is 12.7 Å². The lowest BCUT2D eigenvalue weighted by molar-refractivity contribution is -0.179. The molecule has 0 aliphatic carbocycles. The molecule has 0 fully saturated rings. The van der Waals surface area contributed by atoms with E-state index in [4.69, 9.17) is 0 Å². The molecular weight excluding hydrogens is 198 g/mol. The Balaban J connectivity index is 4.84. The molecule has 0 saturated heterocycles. The molecule has 0 aromatic carbocycles. The molecule has 0 radical (unpaired) electrons. The Hall–Kier alpha value is -1.20. The van der Waals surface area contributed by atoms with Gasteiger partial charge in [0.25, 0.3) is 5.78 Å². The van der Waals surface area contributed by atoms with Crippen LogP contribution < -0.4 is 0 Å². The molecular formula is C10H17NO4. The van der Waals surface area contributed by atoms with E-state index in [-0.39, 0.29) is 0 Å². The molecule has 15 heavy (non-hydrogen) atoms. The van der Waals surface area contributed by atoms with Gasteiger partial charge in [-0.25, -0.2) is 5.06 Å². The second kappa shape index (κ2) is 5.04. The molecule has 0 saturated carbocycles. The third-order valence-electron chi connectivity index (χ3n) is 2.45. The summed E-state index contributed by atoms with van der Waals surface area (Å²) in [5.74, 6) is -2.32. The fourth-order valence-corrected chi connectivity index (χ4v) is 0.879. The summed E-state index contributed by atoms with van der Waals surface area (Å²) in [6.45, 7) is 6.35. The van der Waals surface area contributed by atoms with Crippen LogP contribution in [0.1, 0.15) is 13.8 Å². The molecule has 0 aromatic heterocycles. The second-order valence-electron chi connectivity index (χ2n) is 3.49. The van der Waals surface area contributed by atoms with Gasteiger partial charge < -0.3 is 5.11 Å². The number of hydrogen-bond acceptors (Lipinski definition) is 4. The first-order valence-corrected chi connectivity index (χ1v) is 4.50. The lowest BCUT2D eigenvalue weighted by Crippen LogP contribution is -2.49. The highest BCUT2D eigenvalue weighted by Gasteiger charge is 2.40. The van der Waals surface area contributed by atoms with E-state index in [0.29, 0.717) is 0 Å². The summed E-state index contributed by atoms with van der Waals surface area (Å²) in [5, 5.41) is 10.6. The van der Waals surface area contributed by atoms with Crippen molar-refractivity contribution in [3.63, 3.8) is 0 Å². The van der Waals surface area contributed by atoms with Crippen molar-refractivity contribution in [1.82, 2.24) is 5.06 Å². The average Bonchev–Trinajstić information content (AvgIpc) is 2.24. The van der Waals surface area contributed by atoms with E-state index in [1.807, 2.05) is 0 Å². The van der Waals surface area contributed by atoms with Gasteiger partial charge in [0.15, 0.2) is 0 Å². The van der Waals surface area contributed by atoms with Crippen molar-refractivity contribution >= 4 is 11.7 Å². The van der Waals surface area contributed by atoms with E-state index in [1.54, 1.807) is 6.92 Å². The molecule has 2 atom stereocenters. The predicted molar refractivity (Wildman–Crippen MR) is 54.8 cm³/mol. The van der Waals surface area contributed by atoms with E-state index in [1.165, 1.54) is 27.2 Å². The van der Waals surface area contributed by atoms with Crippen molar-refractivity contribution in [1.29, 1.82) is 0 Å². The number of carbonyl (C=O) groups excluding carboxylic acids is 2. The molecule has 86 valence electrons. The first-order valence-electron chi connectivity index (χ1n) is 4.50. The third-order valence-corrected chi connectivity index (χ3v) is 2.45. The highest BCUT2D eigenvalue weighted by molar-refractivity contribution is 6.38. The number of ketones is 1. The SMILES string of the molecule is C=C[C@@H](C)[C@@](C)(O)C(=O)C(=O)N(C)OC. The lowest BCUT2D eigenvalue weighted by atomic mass is 9.86. The lowest BCUT2D eigenvalue weighted by Gasteiger charge is -2.27. The quantitative estimate of drug-likeness (QED) is 0.402. The zero-order valence-electron chi connectivity index (χ0n) is 9.48. The van der Waals surface area contributed by atoms with Gasteiger partial charge in [-0.2, -0.15) is 0 Å². The van der Waals surface area contributed by atoms with Crippen molar-refractivity contribution in [2.45, 2.75) is 19.4 Å². The molecule has 5 nitrogen and oxygen atoms in total. The molecule has 0 rings (SSSR count). The first-order chi connectivity index (χ1) is 6.78. The van der Waals surface area contributed by atoms with E-state index in [9.17, 15) is 14.7 Å². The van der Waals surface area contributed by atoms with Gasteiger partial charge in [0.1, 0.15) is 5.60 Å². The first kappa shape index (κ1) is 13.8. The van der Waals surface area contributed by atoms with Gasteiger partial charge in [-0.1, -0.05) is 13.0 Å². The smallest absolute Gasteiger partial charge is 0.316 e. The summed E-state index contributed by atoms with van der Waals surface area (Å²) in [5.41, 5.74) is -1.76. The number of Topliss-reactive ketones (excluding diaryl/α,β-unsaturated/α-hetero) is 1. The maximum Gasteiger partial charge on any atom is 0.316 e. The summed E-state index contributed by atoms with van der Waals surface area (Å²) in [6, 6.07) is 0. The highest BCUT2D eigenvalue weighted by atomic mass is 16.7. The monoisotopic (exact) mass is 215 g/mol. The van der Waals surface area contributed by atoms with Crippen LogP contribution >= 0.6 is 0 Å². The van der Waals surface area contributed by atoms with E-state index < -0.39 is 23.2 Å². The zero-order chi connectivity index (χ0) is 12.2. The maximum atomic E-state index is 11.6. The van der Waals surface area contributed by atoms with Crippen LogP contribution in [0.5, 0.6) is 0 Å². The normalized spacial score (nSPS) is 16.3. The Labute approximate surface area is 89.3 Å². The van der Waals surface area contributed by atoms with Crippen molar-refractivity contribution < 1.29 is 19.5 Å². The van der Waals surface area contributed by atoms with Crippen LogP contribution in [0.15, 0.2) is 12.7 Å². The number of nitrogens with zero attached hydrogens (tertiary/aromatic N) is 1. The summed E-state index contributed by atoms with van der Waals surface area (Å²) in [6.07, 6.45) is 1.41. The van der Waals surface area contributed by atoms with Gasteiger partial charge in [-0.3, -0.25) is 14.4 Å². The number of aliphatic hydroxyl groups is 1. The number of amides is 1. The van der Waals surface area contributed by atoms with Gasteiger partial charge in [0.05, 0.1) is 7.11 Å². The number of likely N-dealkylation sites (N-methyl/N-ethyl adjacent to an activating group) is 1. The minimum atomic E-state index is -1.76. The molecule has 5 heteroatoms. The van der Waals surface area contributed by atoms with Crippen molar-refractivity contribution in [2.75, 3.05) is 14.2 Å². The molecule has 0 heterocycles. The average molecular weight is 215 g/mol. The van der Waals surface area contributed by atoms with Crippen LogP contribution in [0.4, 0.5) is 0 Å². The van der Waals surface area contributed by atoms with Crippen molar-refractivity contribution in [2.24, 2.45) is 5.92 Å². The van der Waals surface area contributed by atoms with E-state index >= 15 is 0 Å². The van der Waals surface area contributed by atoms with Crippen molar-refractivity contribution in [3.8, 4) is 0 Å². The Kier molecular flexibility index (Phi) is 4.64. The molecule has 0 aliphatic rings. The summed E-state index contributed by atoms with van der Waals surface area (Å²) >= 11 is 0. The summed E-state index contributed by atoms with van der Waals surface area (Å²) in [4.78, 5) is 27.6. The topological polar surface area (TPSA) is 66.8 Å². The minimum Gasteiger partial charge on any atom is -0.381 e. The number of carbonyl (C=O) groups is 2. The van der Waals surface area contributed by atoms with Crippen LogP contribution in [0.2, 0.25) is 0 Å². The van der Waals surface area contributed by atoms with Crippen LogP contribution in [-0.4, -0.2) is 41.6 Å². The molecule has 0 bridgehead atoms. The number of hydroxylamine groups is 2. The maximum absolute atomic E-state index is 11.6. The minimum absolute atomic E-state index is 0.515. The predicted octanol–water partition coefficient (Wildman–Crippen LogP) is 0.148. The zero-order valence-corrected chi connectivity index (χ0v) is 9.48. The van der Waals surface area contributed by atoms with Gasteiger partial charge in [-0.05, 0) is 6.92 Å². The Morgan fingerprint density at radius 1 is 1.60 bits per heavy atom. The molecule has 0 aromatic rings. The number of rotatable bonds is 5. The fraction of sp³-hybridized carbons (Fsp3) is 0.600. The fourth-order valence-electron chi connectivity index (χ4n) is 0.879. The molecule has 0 aliphatic heterocycles. The Bertz CT molecular complexity index is 273. The third kappa shape index (κ3) is 2.87. The standard InChI is InChI=1S/C10H17NO4/c1-6-7(2)10(3,14)8(12)9(13)11(4)15-5/h6-7,14H,1H2,2-5H3/t7-,10-/m1/s1. The second-order valence-corrected chi connectivity index (χ2v) is 3.49. The Morgan fingerprint density at radius 3 is 2.40 bits per heavy atom. The molecule has 1 amide bonds. The largest absolute Gasteiger partial charge is 0.381 e. The van der Waals surface area contributed by atoms with Gasteiger partial charge in [-0.15, -0.1) is 6.58 Å². The van der Waals surface area contributed by atoms with Gasteiger partial charge >= 0.3 is 5.91 Å². The summed E-state index contributed by atoms with van der Waals surface area (Å²) in [7, 11) is 2.56. The highest BCUT2D eigenvalue weighted by Crippen LogP contribution is 2.19. The van der Waals surface area contributed by atoms with Crippen LogP contribution in [0, 0.1) is 5.92 Å². The summed E-state index contributed by atoms with van der Waals surface area (Å²) < 4.78 is 0. The van der Waals surface area contributed by atoms with E-state index in [0.717, 1.165) is 5.06 Å². The van der Waals surface area contributed by atoms with E-state index in [2.05, 4.69) is 11.4 Å². The molecule has 0 unspecified atom stereocenters. The van der Waals surface area contributed by atoms with Crippen LogP contribution in [0.3, 0.4) is 0 Å². The van der Waals surface area contributed by atoms with Crippen LogP contribution in [0.25, 0.3) is 0 Å². The van der Waals surface area contributed by atoms with Crippen LogP contribution in [-0.2, 0) is 14.4 Å².